The van der Waals surface area contributed by atoms with Gasteiger partial charge in [-0.25, -0.2) is 4.79 Å². The van der Waals surface area contributed by atoms with E-state index in [-0.39, 0.29) is 32.0 Å². The Kier molecular flexibility index (Phi) is 5.87. The van der Waals surface area contributed by atoms with Crippen LogP contribution < -0.4 is 12.4 Å². The highest BCUT2D eigenvalue weighted by Crippen LogP contribution is 2.34. The number of hydrogen-bond acceptors (Lipinski definition) is 6. The van der Waals surface area contributed by atoms with Crippen molar-refractivity contribution in [3.8, 4) is 5.75 Å². The van der Waals surface area contributed by atoms with Crippen molar-refractivity contribution in [1.82, 2.24) is 4.90 Å². The van der Waals surface area contributed by atoms with Gasteiger partial charge >= 0.3 is 7.40 Å². The zero-order chi connectivity index (χ0) is 15.5. The van der Waals surface area contributed by atoms with Gasteiger partial charge < -0.3 is 31.4 Å². The number of furan rings is 1. The van der Waals surface area contributed by atoms with Crippen molar-refractivity contribution in [1.29, 1.82) is 0 Å². The maximum Gasteiger partial charge on any atom is 1.00 e. The maximum atomic E-state index is 12.1. The number of phenols is 1. The summed E-state index contributed by atoms with van der Waals surface area (Å²) in [6, 6.07) is 5.02. The Balaban J connectivity index is 0.00000144. The summed E-state index contributed by atoms with van der Waals surface area (Å²) in [6.45, 7) is 5.43. The molecule has 2 heterocycles. The number of halogens is 1. The van der Waals surface area contributed by atoms with Gasteiger partial charge in [-0.15, -0.1) is 0 Å². The second kappa shape index (κ2) is 7.68. The Hall–Kier alpha value is -1.76. The smallest absolute Gasteiger partial charge is 1.00 e. The lowest BCUT2D eigenvalue weighted by molar-refractivity contribution is -0.0000266. The number of ether oxygens (including phenoxy) is 2. The predicted molar refractivity (Wildman–Crippen MR) is 81.0 cm³/mol. The van der Waals surface area contributed by atoms with Gasteiger partial charge in [0, 0.05) is 25.2 Å². The van der Waals surface area contributed by atoms with Gasteiger partial charge in [-0.3, -0.25) is 4.90 Å². The summed E-state index contributed by atoms with van der Waals surface area (Å²) in [5.41, 5.74) is 1.17. The Labute approximate surface area is 141 Å². The van der Waals surface area contributed by atoms with Gasteiger partial charge in [-0.05, 0) is 19.1 Å². The van der Waals surface area contributed by atoms with Crippen LogP contribution in [0.3, 0.4) is 0 Å². The third-order valence-corrected chi connectivity index (χ3v) is 3.74. The first-order chi connectivity index (χ1) is 10.7. The van der Waals surface area contributed by atoms with Crippen LogP contribution in [0, 0.1) is 0 Å². The normalized spacial score (nSPS) is 15.3. The highest BCUT2D eigenvalue weighted by Gasteiger charge is 2.25. The zero-order valence-electron chi connectivity index (χ0n) is 13.9. The molecular weight excluding hydrogens is 322 g/mol. The standard InChI is InChI=1S/C16H19NO5.ClH/c1-2-21-16(19)15-11(10-17-6-8-20-9-7-17)14-12(18)4-3-5-13(14)22-15;/h3-5,18H,2,6-10H2,1H3;1H. The number of nitrogens with zero attached hydrogens (tertiary/aromatic N) is 1. The van der Waals surface area contributed by atoms with Crippen LogP contribution in [0.25, 0.3) is 11.0 Å². The van der Waals surface area contributed by atoms with E-state index in [1.165, 1.54) is 0 Å². The summed E-state index contributed by atoms with van der Waals surface area (Å²) in [6.07, 6.45) is 0. The number of phenolic OH excluding ortho intramolecular Hbond substituents is 1. The van der Waals surface area contributed by atoms with Crippen molar-refractivity contribution in [3.63, 3.8) is 0 Å². The van der Waals surface area contributed by atoms with Gasteiger partial charge in [0.15, 0.2) is 0 Å². The third-order valence-electron chi connectivity index (χ3n) is 3.74. The number of fused-ring (bicyclic) bond motifs is 1. The molecule has 1 N–H and O–H groups in total. The van der Waals surface area contributed by atoms with Gasteiger partial charge in [0.05, 0.1) is 25.2 Å². The van der Waals surface area contributed by atoms with Gasteiger partial charge in [-0.1, -0.05) is 6.07 Å². The molecule has 1 saturated heterocycles. The summed E-state index contributed by atoms with van der Waals surface area (Å²) in [7, 11) is 0. The minimum atomic E-state index is -0.499. The molecule has 0 bridgehead atoms. The molecule has 126 valence electrons. The number of esters is 1. The van der Waals surface area contributed by atoms with Crippen molar-refractivity contribution in [2.75, 3.05) is 32.9 Å². The van der Waals surface area contributed by atoms with Crippen LogP contribution in [0.2, 0.25) is 0 Å². The molecule has 0 spiro atoms. The average Bonchev–Trinajstić information content (AvgIpc) is 2.89. The first kappa shape index (κ1) is 17.6. The van der Waals surface area contributed by atoms with E-state index < -0.39 is 5.97 Å². The van der Waals surface area contributed by atoms with E-state index in [1.807, 2.05) is 0 Å². The molecule has 6 nitrogen and oxygen atoms in total. The Morgan fingerprint density at radius 3 is 2.83 bits per heavy atom. The molecule has 1 fully saturated rings. The summed E-state index contributed by atoms with van der Waals surface area (Å²) < 4.78 is 16.1. The molecule has 3 rings (SSSR count). The number of carbonyl (C=O) groups is 1. The van der Waals surface area contributed by atoms with Crippen molar-refractivity contribution in [2.45, 2.75) is 13.5 Å². The van der Waals surface area contributed by atoms with Gasteiger partial charge in [-0.2, -0.15) is 0 Å². The summed E-state index contributed by atoms with van der Waals surface area (Å²) in [5, 5.41) is 10.7. The fourth-order valence-corrected chi connectivity index (χ4v) is 2.69. The molecule has 0 saturated carbocycles. The van der Waals surface area contributed by atoms with Crippen molar-refractivity contribution in [2.24, 2.45) is 0 Å². The van der Waals surface area contributed by atoms with E-state index in [2.05, 4.69) is 4.90 Å². The fraction of sp³-hybridized carbons (Fsp3) is 0.438. The molecule has 0 radical (unpaired) electrons. The third kappa shape index (κ3) is 3.60. The minimum absolute atomic E-state index is 0. The molecule has 1 aromatic carbocycles. The molecule has 23 heavy (non-hydrogen) atoms. The molecule has 1 aliphatic rings. The van der Waals surface area contributed by atoms with E-state index in [4.69, 9.17) is 13.9 Å². The Morgan fingerprint density at radius 1 is 1.39 bits per heavy atom. The number of carbonyl (C=O) groups excluding carboxylic acids is 1. The lowest BCUT2D eigenvalue weighted by Crippen LogP contribution is -3.00. The number of rotatable bonds is 4. The Bertz CT molecular complexity index is 684. The van der Waals surface area contributed by atoms with Gasteiger partial charge in [0.1, 0.15) is 11.3 Å². The molecule has 0 atom stereocenters. The first-order valence-electron chi connectivity index (χ1n) is 7.41. The number of morpholine rings is 1. The minimum Gasteiger partial charge on any atom is -1.00 e. The number of benzene rings is 1. The number of hydrogen-bond donors (Lipinski definition) is 1. The second-order valence-corrected chi connectivity index (χ2v) is 5.17. The zero-order valence-corrected chi connectivity index (χ0v) is 13.6. The lowest BCUT2D eigenvalue weighted by Gasteiger charge is -2.26. The molecule has 1 aromatic heterocycles. The van der Waals surface area contributed by atoms with E-state index in [0.29, 0.717) is 36.3 Å². The van der Waals surface area contributed by atoms with Crippen molar-refractivity contribution >= 4 is 16.9 Å². The molecule has 7 heteroatoms. The largest absolute Gasteiger partial charge is 1.00 e. The topological polar surface area (TPSA) is 72.1 Å². The van der Waals surface area contributed by atoms with Gasteiger partial charge in [0.25, 0.3) is 0 Å². The SMILES string of the molecule is CCOC(=O)c1oc2cccc(O)c2c1CN1CCOCC1.[Cl-].[H+]. The second-order valence-electron chi connectivity index (χ2n) is 5.17. The highest BCUT2D eigenvalue weighted by atomic mass is 35.5. The average molecular weight is 342 g/mol. The summed E-state index contributed by atoms with van der Waals surface area (Å²) >= 11 is 0. The highest BCUT2D eigenvalue weighted by molar-refractivity contribution is 5.98. The van der Waals surface area contributed by atoms with Crippen LogP contribution in [-0.2, 0) is 16.0 Å². The van der Waals surface area contributed by atoms with Crippen molar-refractivity contribution in [3.05, 3.63) is 29.5 Å². The van der Waals surface area contributed by atoms with Crippen LogP contribution in [0.5, 0.6) is 5.75 Å². The molecule has 0 unspecified atom stereocenters. The summed E-state index contributed by atoms with van der Waals surface area (Å²) in [5.74, 6) is -0.216. The Morgan fingerprint density at radius 2 is 2.13 bits per heavy atom. The maximum absolute atomic E-state index is 12.1. The van der Waals surface area contributed by atoms with E-state index in [0.717, 1.165) is 13.1 Å². The molecule has 2 aromatic rings. The van der Waals surface area contributed by atoms with Crippen LogP contribution in [0.1, 0.15) is 24.5 Å². The van der Waals surface area contributed by atoms with E-state index >= 15 is 0 Å². The van der Waals surface area contributed by atoms with E-state index in [1.54, 1.807) is 25.1 Å². The molecule has 1 aliphatic heterocycles. The van der Waals surface area contributed by atoms with Crippen molar-refractivity contribution < 1.29 is 37.6 Å². The monoisotopic (exact) mass is 341 g/mol. The van der Waals surface area contributed by atoms with Crippen LogP contribution >= 0.6 is 0 Å². The lowest BCUT2D eigenvalue weighted by atomic mass is 10.1. The van der Waals surface area contributed by atoms with Crippen LogP contribution in [0.4, 0.5) is 0 Å². The quantitative estimate of drug-likeness (QED) is 0.739. The molecular formula is C16H20ClNO5. The van der Waals surface area contributed by atoms with Crippen LogP contribution in [-0.4, -0.2) is 48.9 Å². The van der Waals surface area contributed by atoms with E-state index in [9.17, 15) is 9.90 Å². The molecule has 0 amide bonds. The fourth-order valence-electron chi connectivity index (χ4n) is 2.69. The molecule has 0 aliphatic carbocycles. The number of aromatic hydroxyl groups is 1. The predicted octanol–water partition coefficient (Wildman–Crippen LogP) is -0.736. The first-order valence-corrected chi connectivity index (χ1v) is 7.41. The van der Waals surface area contributed by atoms with Crippen LogP contribution in [0.15, 0.2) is 22.6 Å². The van der Waals surface area contributed by atoms with Gasteiger partial charge in [0.2, 0.25) is 5.76 Å². The summed E-state index contributed by atoms with van der Waals surface area (Å²) in [4.78, 5) is 14.3.